The third-order valence-electron chi connectivity index (χ3n) is 4.07. The van der Waals surface area contributed by atoms with Gasteiger partial charge in [-0.15, -0.1) is 0 Å². The number of hydrogen-bond acceptors (Lipinski definition) is 2. The summed E-state index contributed by atoms with van der Waals surface area (Å²) in [6.45, 7) is 4.63. The van der Waals surface area contributed by atoms with E-state index in [2.05, 4.69) is 27.4 Å². The van der Waals surface area contributed by atoms with Gasteiger partial charge in [0.2, 0.25) is 0 Å². The Kier molecular flexibility index (Phi) is 3.76. The number of rotatable bonds is 3. The summed E-state index contributed by atoms with van der Waals surface area (Å²) in [5.74, 6) is 0. The molecule has 1 unspecified atom stereocenters. The molecule has 0 saturated carbocycles. The maximum absolute atomic E-state index is 6.00. The first kappa shape index (κ1) is 12.9. The molecule has 1 atom stereocenters. The summed E-state index contributed by atoms with van der Waals surface area (Å²) in [6, 6.07) is 4.47. The number of hydrogen-bond donors (Lipinski definition) is 0. The molecule has 1 saturated heterocycles. The minimum atomic E-state index is 0.652. The summed E-state index contributed by atoms with van der Waals surface area (Å²) in [5, 5.41) is 0.748. The average Bonchev–Trinajstić information content (AvgIpc) is 2.80. The zero-order chi connectivity index (χ0) is 13.2. The van der Waals surface area contributed by atoms with Gasteiger partial charge in [0.25, 0.3) is 0 Å². The van der Waals surface area contributed by atoms with Crippen molar-refractivity contribution >= 4 is 17.2 Å². The van der Waals surface area contributed by atoms with E-state index in [4.69, 9.17) is 11.6 Å². The van der Waals surface area contributed by atoms with E-state index in [-0.39, 0.29) is 0 Å². The van der Waals surface area contributed by atoms with Crippen LogP contribution < -0.4 is 0 Å². The van der Waals surface area contributed by atoms with Crippen LogP contribution in [0.2, 0.25) is 5.02 Å². The molecule has 3 heterocycles. The Morgan fingerprint density at radius 1 is 1.42 bits per heavy atom. The number of likely N-dealkylation sites (tertiary alicyclic amines) is 1. The maximum Gasteiger partial charge on any atom is 0.138 e. The summed E-state index contributed by atoms with van der Waals surface area (Å²) >= 11 is 6.00. The van der Waals surface area contributed by atoms with Gasteiger partial charge in [-0.05, 0) is 38.1 Å². The molecule has 1 aliphatic rings. The normalized spacial score (nSPS) is 21.1. The van der Waals surface area contributed by atoms with E-state index < -0.39 is 0 Å². The van der Waals surface area contributed by atoms with Crippen LogP contribution in [0.25, 0.3) is 5.65 Å². The van der Waals surface area contributed by atoms with Gasteiger partial charge in [0.05, 0.1) is 5.69 Å². The smallest absolute Gasteiger partial charge is 0.138 e. The van der Waals surface area contributed by atoms with Gasteiger partial charge in [-0.1, -0.05) is 24.9 Å². The molecule has 0 N–H and O–H groups in total. The van der Waals surface area contributed by atoms with Gasteiger partial charge in [-0.2, -0.15) is 0 Å². The van der Waals surface area contributed by atoms with Crippen molar-refractivity contribution < 1.29 is 0 Å². The molecule has 2 aromatic rings. The first-order chi connectivity index (χ1) is 9.26. The van der Waals surface area contributed by atoms with Gasteiger partial charge in [-0.3, -0.25) is 0 Å². The van der Waals surface area contributed by atoms with Crippen molar-refractivity contribution in [3.8, 4) is 0 Å². The third kappa shape index (κ3) is 2.77. The van der Waals surface area contributed by atoms with Crippen LogP contribution in [0, 0.1) is 0 Å². The lowest BCUT2D eigenvalue weighted by atomic mass is 9.98. The highest BCUT2D eigenvalue weighted by molar-refractivity contribution is 6.30. The fraction of sp³-hybridized carbons (Fsp3) is 0.533. The van der Waals surface area contributed by atoms with Crippen LogP contribution in [0.4, 0.5) is 0 Å². The molecule has 19 heavy (non-hydrogen) atoms. The molecule has 4 heteroatoms. The molecule has 2 aromatic heterocycles. The summed E-state index contributed by atoms with van der Waals surface area (Å²) in [6.07, 6.45) is 9.14. The lowest BCUT2D eigenvalue weighted by molar-refractivity contribution is 0.155. The van der Waals surface area contributed by atoms with Crippen LogP contribution in [0.5, 0.6) is 0 Å². The van der Waals surface area contributed by atoms with E-state index in [1.54, 1.807) is 0 Å². The monoisotopic (exact) mass is 277 g/mol. The Labute approximate surface area is 119 Å². The number of likely N-dealkylation sites (N-methyl/N-ethyl adjacent to an activating group) is 1. The molecular weight excluding hydrogens is 258 g/mol. The molecular formula is C15H20ClN3. The van der Waals surface area contributed by atoms with Gasteiger partial charge in [0, 0.05) is 29.9 Å². The number of imidazole rings is 1. The standard InChI is InChI=1S/C15H20ClN3/c1-2-18-7-4-3-5-14(18)10-13-11-19-8-6-12(16)9-15(19)17-13/h6,8-9,11,14H,2-5,7,10H2,1H3. The van der Waals surface area contributed by atoms with Crippen LogP contribution in [-0.2, 0) is 6.42 Å². The molecule has 0 radical (unpaired) electrons. The maximum atomic E-state index is 6.00. The zero-order valence-corrected chi connectivity index (χ0v) is 12.1. The van der Waals surface area contributed by atoms with Gasteiger partial charge >= 0.3 is 0 Å². The minimum absolute atomic E-state index is 0.652. The van der Waals surface area contributed by atoms with Crippen LogP contribution in [0.1, 0.15) is 31.9 Å². The van der Waals surface area contributed by atoms with E-state index in [1.807, 2.05) is 18.3 Å². The molecule has 1 fully saturated rings. The van der Waals surface area contributed by atoms with Crippen molar-refractivity contribution in [1.29, 1.82) is 0 Å². The second-order valence-corrected chi connectivity index (χ2v) is 5.76. The van der Waals surface area contributed by atoms with Crippen LogP contribution in [0.3, 0.4) is 0 Å². The fourth-order valence-electron chi connectivity index (χ4n) is 3.06. The zero-order valence-electron chi connectivity index (χ0n) is 11.3. The summed E-state index contributed by atoms with van der Waals surface area (Å²) in [5.41, 5.74) is 2.12. The van der Waals surface area contributed by atoms with Crippen LogP contribution >= 0.6 is 11.6 Å². The molecule has 0 aliphatic carbocycles. The predicted molar refractivity (Wildman–Crippen MR) is 78.8 cm³/mol. The van der Waals surface area contributed by atoms with E-state index in [0.717, 1.165) is 23.6 Å². The molecule has 3 nitrogen and oxygen atoms in total. The van der Waals surface area contributed by atoms with E-state index in [0.29, 0.717) is 6.04 Å². The number of fused-ring (bicyclic) bond motifs is 1. The van der Waals surface area contributed by atoms with Gasteiger partial charge in [0.1, 0.15) is 5.65 Å². The lowest BCUT2D eigenvalue weighted by Crippen LogP contribution is -2.40. The van der Waals surface area contributed by atoms with Crippen LogP contribution in [0.15, 0.2) is 24.5 Å². The molecule has 1 aliphatic heterocycles. The number of halogens is 1. The quantitative estimate of drug-likeness (QED) is 0.857. The number of nitrogens with zero attached hydrogens (tertiary/aromatic N) is 3. The van der Waals surface area contributed by atoms with Crippen molar-refractivity contribution in [3.05, 3.63) is 35.2 Å². The molecule has 0 aromatic carbocycles. The lowest BCUT2D eigenvalue weighted by Gasteiger charge is -2.34. The van der Waals surface area contributed by atoms with E-state index >= 15 is 0 Å². The average molecular weight is 278 g/mol. The highest BCUT2D eigenvalue weighted by Crippen LogP contribution is 2.21. The largest absolute Gasteiger partial charge is 0.307 e. The Morgan fingerprint density at radius 3 is 3.16 bits per heavy atom. The minimum Gasteiger partial charge on any atom is -0.307 e. The van der Waals surface area contributed by atoms with E-state index in [1.165, 1.54) is 31.5 Å². The Morgan fingerprint density at radius 2 is 2.32 bits per heavy atom. The van der Waals surface area contributed by atoms with Crippen molar-refractivity contribution in [2.24, 2.45) is 0 Å². The summed E-state index contributed by atoms with van der Waals surface area (Å²) in [4.78, 5) is 7.27. The highest BCUT2D eigenvalue weighted by Gasteiger charge is 2.22. The van der Waals surface area contributed by atoms with Crippen molar-refractivity contribution in [1.82, 2.24) is 14.3 Å². The number of pyridine rings is 1. The first-order valence-corrected chi connectivity index (χ1v) is 7.51. The van der Waals surface area contributed by atoms with Gasteiger partial charge < -0.3 is 9.30 Å². The first-order valence-electron chi connectivity index (χ1n) is 7.13. The van der Waals surface area contributed by atoms with Gasteiger partial charge in [-0.25, -0.2) is 4.98 Å². The summed E-state index contributed by atoms with van der Waals surface area (Å²) < 4.78 is 2.06. The van der Waals surface area contributed by atoms with Crippen LogP contribution in [-0.4, -0.2) is 33.4 Å². The van der Waals surface area contributed by atoms with Gasteiger partial charge in [0.15, 0.2) is 0 Å². The molecule has 102 valence electrons. The second kappa shape index (κ2) is 5.51. The van der Waals surface area contributed by atoms with Crippen molar-refractivity contribution in [3.63, 3.8) is 0 Å². The molecule has 3 rings (SSSR count). The predicted octanol–water partition coefficient (Wildman–Crippen LogP) is 3.40. The van der Waals surface area contributed by atoms with Crippen molar-refractivity contribution in [2.45, 2.75) is 38.6 Å². The summed E-state index contributed by atoms with van der Waals surface area (Å²) in [7, 11) is 0. The Balaban J connectivity index is 1.80. The second-order valence-electron chi connectivity index (χ2n) is 5.32. The SMILES string of the molecule is CCN1CCCCC1Cc1cn2ccc(Cl)cc2n1. The molecule has 0 amide bonds. The Bertz CT molecular complexity index is 564. The number of aromatic nitrogens is 2. The van der Waals surface area contributed by atoms with Crippen molar-refractivity contribution in [2.75, 3.05) is 13.1 Å². The third-order valence-corrected chi connectivity index (χ3v) is 4.31. The topological polar surface area (TPSA) is 20.5 Å². The molecule has 0 bridgehead atoms. The molecule has 0 spiro atoms. The fourth-order valence-corrected chi connectivity index (χ4v) is 3.21. The number of piperidine rings is 1. The Hall–Kier alpha value is -1.06. The highest BCUT2D eigenvalue weighted by atomic mass is 35.5. The van der Waals surface area contributed by atoms with E-state index in [9.17, 15) is 0 Å².